The van der Waals surface area contributed by atoms with Gasteiger partial charge in [0.1, 0.15) is 11.5 Å². The van der Waals surface area contributed by atoms with Crippen LogP contribution >= 0.6 is 0 Å². The topological polar surface area (TPSA) is 25.2 Å². The summed E-state index contributed by atoms with van der Waals surface area (Å²) >= 11 is 0. The molecule has 0 atom stereocenters. The van der Waals surface area contributed by atoms with Gasteiger partial charge in [-0.25, -0.2) is 8.78 Å². The van der Waals surface area contributed by atoms with Crippen LogP contribution in [-0.2, 0) is 6.54 Å². The zero-order valence-electron chi connectivity index (χ0n) is 11.1. The molecular formula is C15H17F2NO. The lowest BCUT2D eigenvalue weighted by atomic mass is 10.1. The Morgan fingerprint density at radius 1 is 1.11 bits per heavy atom. The van der Waals surface area contributed by atoms with E-state index in [1.807, 2.05) is 0 Å². The van der Waals surface area contributed by atoms with E-state index in [1.54, 1.807) is 18.2 Å². The van der Waals surface area contributed by atoms with Gasteiger partial charge in [0.25, 0.3) is 0 Å². The van der Waals surface area contributed by atoms with Crippen molar-refractivity contribution in [2.45, 2.75) is 26.8 Å². The van der Waals surface area contributed by atoms with E-state index in [2.05, 4.69) is 12.2 Å². The lowest BCUT2D eigenvalue weighted by molar-refractivity contribution is 0.479. The number of halogens is 2. The molecule has 0 bridgehead atoms. The first-order valence-electron chi connectivity index (χ1n) is 6.38. The van der Waals surface area contributed by atoms with Crippen LogP contribution in [0.2, 0.25) is 0 Å². The highest BCUT2D eigenvalue weighted by Crippen LogP contribution is 2.27. The lowest BCUT2D eigenvalue weighted by Crippen LogP contribution is -2.12. The molecule has 0 radical (unpaired) electrons. The third kappa shape index (κ3) is 3.01. The third-order valence-electron chi connectivity index (χ3n) is 2.93. The molecule has 0 amide bonds. The first-order valence-corrected chi connectivity index (χ1v) is 6.38. The Balaban J connectivity index is 2.21. The zero-order valence-corrected chi connectivity index (χ0v) is 11.1. The number of benzene rings is 1. The van der Waals surface area contributed by atoms with Crippen LogP contribution in [0.4, 0.5) is 8.78 Å². The van der Waals surface area contributed by atoms with E-state index in [4.69, 9.17) is 4.42 Å². The van der Waals surface area contributed by atoms with Crippen LogP contribution in [0.25, 0.3) is 11.3 Å². The predicted molar refractivity (Wildman–Crippen MR) is 70.8 cm³/mol. The molecule has 0 saturated heterocycles. The Labute approximate surface area is 111 Å². The highest BCUT2D eigenvalue weighted by molar-refractivity contribution is 5.59. The van der Waals surface area contributed by atoms with Crippen LogP contribution in [0, 0.1) is 18.6 Å². The van der Waals surface area contributed by atoms with E-state index in [0.29, 0.717) is 18.1 Å². The SMILES string of the molecule is CCCNCc1ccc(-c2ccc(C)c(F)c2F)o1. The van der Waals surface area contributed by atoms with Crippen LogP contribution in [-0.4, -0.2) is 6.54 Å². The normalized spacial score (nSPS) is 10.9. The monoisotopic (exact) mass is 265 g/mol. The maximum Gasteiger partial charge on any atom is 0.170 e. The maximum absolute atomic E-state index is 13.8. The second-order valence-electron chi connectivity index (χ2n) is 4.50. The first-order chi connectivity index (χ1) is 9.13. The summed E-state index contributed by atoms with van der Waals surface area (Å²) in [6.45, 7) is 5.09. The summed E-state index contributed by atoms with van der Waals surface area (Å²) in [7, 11) is 0. The number of nitrogens with one attached hydrogen (secondary N) is 1. The quantitative estimate of drug-likeness (QED) is 0.826. The van der Waals surface area contributed by atoms with Gasteiger partial charge in [0.15, 0.2) is 11.6 Å². The van der Waals surface area contributed by atoms with Crippen molar-refractivity contribution in [1.82, 2.24) is 5.32 Å². The minimum atomic E-state index is -0.859. The second kappa shape index (κ2) is 5.97. The summed E-state index contributed by atoms with van der Waals surface area (Å²) < 4.78 is 32.8. The summed E-state index contributed by atoms with van der Waals surface area (Å²) in [6.07, 6.45) is 1.03. The van der Waals surface area contributed by atoms with Gasteiger partial charge in [-0.1, -0.05) is 13.0 Å². The Morgan fingerprint density at radius 3 is 2.63 bits per heavy atom. The average molecular weight is 265 g/mol. The number of rotatable bonds is 5. The van der Waals surface area contributed by atoms with Crippen molar-refractivity contribution in [2.75, 3.05) is 6.54 Å². The minimum Gasteiger partial charge on any atom is -0.460 e. The van der Waals surface area contributed by atoms with Crippen molar-refractivity contribution in [3.05, 3.63) is 47.2 Å². The fourth-order valence-corrected chi connectivity index (χ4v) is 1.84. The van der Waals surface area contributed by atoms with E-state index >= 15 is 0 Å². The van der Waals surface area contributed by atoms with Crippen LogP contribution in [0.1, 0.15) is 24.7 Å². The molecule has 1 aromatic carbocycles. The van der Waals surface area contributed by atoms with Crippen molar-refractivity contribution in [3.8, 4) is 11.3 Å². The van der Waals surface area contributed by atoms with Crippen molar-refractivity contribution < 1.29 is 13.2 Å². The third-order valence-corrected chi connectivity index (χ3v) is 2.93. The molecule has 0 aliphatic rings. The van der Waals surface area contributed by atoms with E-state index < -0.39 is 11.6 Å². The molecule has 102 valence electrons. The Hall–Kier alpha value is -1.68. The summed E-state index contributed by atoms with van der Waals surface area (Å²) in [5.74, 6) is -0.615. The zero-order chi connectivity index (χ0) is 13.8. The van der Waals surface area contributed by atoms with Crippen LogP contribution in [0.5, 0.6) is 0 Å². The molecule has 2 rings (SSSR count). The minimum absolute atomic E-state index is 0.157. The van der Waals surface area contributed by atoms with Gasteiger partial charge in [0.2, 0.25) is 0 Å². The van der Waals surface area contributed by atoms with Gasteiger partial charge in [-0.05, 0) is 43.7 Å². The molecule has 1 heterocycles. The van der Waals surface area contributed by atoms with Crippen molar-refractivity contribution >= 4 is 0 Å². The van der Waals surface area contributed by atoms with Crippen LogP contribution in [0.15, 0.2) is 28.7 Å². The second-order valence-corrected chi connectivity index (χ2v) is 4.50. The average Bonchev–Trinajstić information content (AvgIpc) is 2.85. The van der Waals surface area contributed by atoms with Crippen molar-refractivity contribution in [2.24, 2.45) is 0 Å². The molecule has 19 heavy (non-hydrogen) atoms. The van der Waals surface area contributed by atoms with Gasteiger partial charge in [0, 0.05) is 0 Å². The molecule has 4 heteroatoms. The van der Waals surface area contributed by atoms with Crippen molar-refractivity contribution in [1.29, 1.82) is 0 Å². The Bertz CT molecular complexity index is 563. The fourth-order valence-electron chi connectivity index (χ4n) is 1.84. The highest BCUT2D eigenvalue weighted by Gasteiger charge is 2.15. The van der Waals surface area contributed by atoms with Crippen LogP contribution < -0.4 is 5.32 Å². The number of furan rings is 1. The van der Waals surface area contributed by atoms with Gasteiger partial charge in [-0.2, -0.15) is 0 Å². The van der Waals surface area contributed by atoms with Gasteiger partial charge < -0.3 is 9.73 Å². The maximum atomic E-state index is 13.8. The van der Waals surface area contributed by atoms with E-state index in [1.165, 1.54) is 13.0 Å². The van der Waals surface area contributed by atoms with Gasteiger partial charge in [0.05, 0.1) is 12.1 Å². The van der Waals surface area contributed by atoms with Gasteiger partial charge in [-0.3, -0.25) is 0 Å². The molecular weight excluding hydrogens is 248 g/mol. The summed E-state index contributed by atoms with van der Waals surface area (Å²) in [4.78, 5) is 0. The fraction of sp³-hybridized carbons (Fsp3) is 0.333. The van der Waals surface area contributed by atoms with Crippen LogP contribution in [0.3, 0.4) is 0 Å². The lowest BCUT2D eigenvalue weighted by Gasteiger charge is -2.03. The van der Waals surface area contributed by atoms with E-state index in [9.17, 15) is 8.78 Å². The number of hydrogen-bond donors (Lipinski definition) is 1. The summed E-state index contributed by atoms with van der Waals surface area (Å²) in [5, 5.41) is 3.19. The molecule has 1 N–H and O–H groups in total. The van der Waals surface area contributed by atoms with E-state index in [-0.39, 0.29) is 11.1 Å². The molecule has 0 fully saturated rings. The molecule has 1 aromatic heterocycles. The first kappa shape index (κ1) is 13.7. The molecule has 2 nitrogen and oxygen atoms in total. The highest BCUT2D eigenvalue weighted by atomic mass is 19.2. The molecule has 2 aromatic rings. The summed E-state index contributed by atoms with van der Waals surface area (Å²) in [6, 6.07) is 6.52. The molecule has 0 aliphatic carbocycles. The largest absolute Gasteiger partial charge is 0.460 e. The number of aryl methyl sites for hydroxylation is 1. The summed E-state index contributed by atoms with van der Waals surface area (Å²) in [5.41, 5.74) is 0.447. The van der Waals surface area contributed by atoms with Gasteiger partial charge >= 0.3 is 0 Å². The molecule has 0 aliphatic heterocycles. The molecule has 0 unspecified atom stereocenters. The predicted octanol–water partition coefficient (Wildman–Crippen LogP) is 4.03. The van der Waals surface area contributed by atoms with E-state index in [0.717, 1.165) is 13.0 Å². The smallest absolute Gasteiger partial charge is 0.170 e. The standard InChI is InChI=1S/C15H17F2NO/c1-3-8-18-9-11-5-7-13(19-11)12-6-4-10(2)14(16)15(12)17/h4-7,18H,3,8-9H2,1-2H3. The Morgan fingerprint density at radius 2 is 1.89 bits per heavy atom. The van der Waals surface area contributed by atoms with Gasteiger partial charge in [-0.15, -0.1) is 0 Å². The Kier molecular flexibility index (Phi) is 4.32. The molecule has 0 saturated carbocycles. The van der Waals surface area contributed by atoms with Crippen molar-refractivity contribution in [3.63, 3.8) is 0 Å². The molecule has 0 spiro atoms. The number of hydrogen-bond acceptors (Lipinski definition) is 2.